The number of aliphatic hydroxyl groups is 1. The third-order valence-corrected chi connectivity index (χ3v) is 4.24. The van der Waals surface area contributed by atoms with Crippen LogP contribution in [0, 0.1) is 11.3 Å². The van der Waals surface area contributed by atoms with Crippen molar-refractivity contribution in [3.63, 3.8) is 0 Å². The molecule has 0 unspecified atom stereocenters. The fourth-order valence-electron chi connectivity index (χ4n) is 3.03. The molecule has 2 aromatic rings. The highest BCUT2D eigenvalue weighted by molar-refractivity contribution is 5.70. The van der Waals surface area contributed by atoms with E-state index >= 15 is 0 Å². The molecule has 0 bridgehead atoms. The summed E-state index contributed by atoms with van der Waals surface area (Å²) in [7, 11) is 1.66. The van der Waals surface area contributed by atoms with Crippen LogP contribution in [0.15, 0.2) is 48.5 Å². The molecule has 1 saturated heterocycles. The molecular formula is C18H18N2O2. The van der Waals surface area contributed by atoms with E-state index in [0.29, 0.717) is 0 Å². The summed E-state index contributed by atoms with van der Waals surface area (Å²) in [6, 6.07) is 18.0. The molecule has 3 rings (SSSR count). The maximum absolute atomic E-state index is 9.34. The van der Waals surface area contributed by atoms with Crippen LogP contribution < -0.4 is 10.1 Å². The zero-order valence-corrected chi connectivity index (χ0v) is 12.4. The van der Waals surface area contributed by atoms with Crippen LogP contribution >= 0.6 is 0 Å². The molecule has 1 fully saturated rings. The molecule has 1 heterocycles. The van der Waals surface area contributed by atoms with Gasteiger partial charge in [-0.3, -0.25) is 5.32 Å². The van der Waals surface area contributed by atoms with E-state index in [4.69, 9.17) is 10.00 Å². The number of rotatable bonds is 4. The lowest BCUT2D eigenvalue weighted by molar-refractivity contribution is 0.151. The summed E-state index contributed by atoms with van der Waals surface area (Å²) >= 11 is 0. The molecule has 22 heavy (non-hydrogen) atoms. The first-order valence-electron chi connectivity index (χ1n) is 7.28. The van der Waals surface area contributed by atoms with Gasteiger partial charge in [0.05, 0.1) is 19.8 Å². The quantitative estimate of drug-likeness (QED) is 0.908. The van der Waals surface area contributed by atoms with Gasteiger partial charge in [0.1, 0.15) is 11.8 Å². The van der Waals surface area contributed by atoms with E-state index in [0.717, 1.165) is 22.4 Å². The number of para-hydroxylation sites is 1. The van der Waals surface area contributed by atoms with Crippen molar-refractivity contribution in [3.8, 4) is 22.9 Å². The van der Waals surface area contributed by atoms with E-state index in [2.05, 4.69) is 11.4 Å². The van der Waals surface area contributed by atoms with Crippen molar-refractivity contribution in [2.24, 2.45) is 0 Å². The lowest BCUT2D eigenvalue weighted by atomic mass is 9.78. The van der Waals surface area contributed by atoms with Crippen LogP contribution in [-0.4, -0.2) is 30.9 Å². The topological polar surface area (TPSA) is 65.3 Å². The van der Waals surface area contributed by atoms with Gasteiger partial charge in [-0.25, -0.2) is 0 Å². The standard InChI is InChI=1S/C18H18N2O2/c1-22-17-5-3-2-4-14(17)12-6-8-13(9-7-12)18-15(10-19)20-16(18)11-21/h2-9,15-16,18,20-21H,11H2,1H3/t15-,16-,18-/m0/s1. The SMILES string of the molecule is COc1ccccc1-c1ccc([C@H]2[C@H](C#N)N[C@H]2CO)cc1. The van der Waals surface area contributed by atoms with Gasteiger partial charge in [-0.2, -0.15) is 5.26 Å². The summed E-state index contributed by atoms with van der Waals surface area (Å²) in [6.45, 7) is 0.0388. The summed E-state index contributed by atoms with van der Waals surface area (Å²) in [5.74, 6) is 0.880. The second kappa shape index (κ2) is 6.18. The Kier molecular flexibility index (Phi) is 4.10. The first kappa shape index (κ1) is 14.6. The Hall–Kier alpha value is -2.35. The van der Waals surface area contributed by atoms with Crippen molar-refractivity contribution in [3.05, 3.63) is 54.1 Å². The van der Waals surface area contributed by atoms with E-state index < -0.39 is 0 Å². The van der Waals surface area contributed by atoms with E-state index in [9.17, 15) is 5.11 Å². The number of methoxy groups -OCH3 is 1. The minimum absolute atomic E-state index is 0.0388. The average molecular weight is 294 g/mol. The Morgan fingerprint density at radius 2 is 1.91 bits per heavy atom. The van der Waals surface area contributed by atoms with Crippen molar-refractivity contribution < 1.29 is 9.84 Å². The third kappa shape index (κ3) is 2.45. The average Bonchev–Trinajstić information content (AvgIpc) is 2.55. The van der Waals surface area contributed by atoms with Crippen molar-refractivity contribution >= 4 is 0 Å². The summed E-state index contributed by atoms with van der Waals surface area (Å²) < 4.78 is 5.39. The van der Waals surface area contributed by atoms with E-state index in [1.807, 2.05) is 48.5 Å². The largest absolute Gasteiger partial charge is 0.496 e. The van der Waals surface area contributed by atoms with Gasteiger partial charge in [0.15, 0.2) is 0 Å². The summed E-state index contributed by atoms with van der Waals surface area (Å²) in [4.78, 5) is 0. The molecule has 0 spiro atoms. The molecule has 0 aromatic heterocycles. The van der Waals surface area contributed by atoms with Crippen LogP contribution in [0.5, 0.6) is 5.75 Å². The Balaban J connectivity index is 1.88. The van der Waals surface area contributed by atoms with Crippen molar-refractivity contribution in [2.75, 3.05) is 13.7 Å². The molecule has 1 aliphatic heterocycles. The first-order chi connectivity index (χ1) is 10.8. The number of aliphatic hydroxyl groups excluding tert-OH is 1. The van der Waals surface area contributed by atoms with Crippen LogP contribution in [0.3, 0.4) is 0 Å². The van der Waals surface area contributed by atoms with Crippen LogP contribution in [-0.2, 0) is 0 Å². The third-order valence-electron chi connectivity index (χ3n) is 4.24. The number of nitriles is 1. The predicted molar refractivity (Wildman–Crippen MR) is 84.6 cm³/mol. The zero-order valence-electron chi connectivity index (χ0n) is 12.4. The molecule has 0 radical (unpaired) electrons. The number of nitrogens with one attached hydrogen (secondary N) is 1. The van der Waals surface area contributed by atoms with Gasteiger partial charge in [-0.05, 0) is 17.2 Å². The van der Waals surface area contributed by atoms with Gasteiger partial charge in [0.25, 0.3) is 0 Å². The fourth-order valence-corrected chi connectivity index (χ4v) is 3.03. The summed E-state index contributed by atoms with van der Waals surface area (Å²) in [5, 5.41) is 21.5. The molecule has 4 nitrogen and oxygen atoms in total. The Bertz CT molecular complexity index is 691. The highest BCUT2D eigenvalue weighted by Crippen LogP contribution is 2.34. The number of hydrogen-bond acceptors (Lipinski definition) is 4. The van der Waals surface area contributed by atoms with Crippen LogP contribution in [0.1, 0.15) is 11.5 Å². The number of hydrogen-bond donors (Lipinski definition) is 2. The number of ether oxygens (including phenoxy) is 1. The maximum atomic E-state index is 9.34. The minimum atomic E-state index is -0.228. The zero-order chi connectivity index (χ0) is 15.5. The summed E-state index contributed by atoms with van der Waals surface area (Å²) in [6.07, 6.45) is 0. The molecule has 3 atom stereocenters. The number of benzene rings is 2. The van der Waals surface area contributed by atoms with Crippen LogP contribution in [0.4, 0.5) is 0 Å². The molecule has 2 aromatic carbocycles. The molecule has 0 amide bonds. The van der Waals surface area contributed by atoms with Crippen molar-refractivity contribution in [2.45, 2.75) is 18.0 Å². The molecule has 4 heteroatoms. The van der Waals surface area contributed by atoms with Gasteiger partial charge in [-0.1, -0.05) is 42.5 Å². The summed E-state index contributed by atoms with van der Waals surface area (Å²) in [5.41, 5.74) is 3.18. The second-order valence-electron chi connectivity index (χ2n) is 5.41. The highest BCUT2D eigenvalue weighted by atomic mass is 16.5. The Labute approximate surface area is 130 Å². The molecule has 1 aliphatic rings. The van der Waals surface area contributed by atoms with E-state index in [1.54, 1.807) is 7.11 Å². The van der Waals surface area contributed by atoms with Gasteiger partial charge >= 0.3 is 0 Å². The first-order valence-corrected chi connectivity index (χ1v) is 7.28. The Morgan fingerprint density at radius 3 is 2.55 bits per heavy atom. The van der Waals surface area contributed by atoms with E-state index in [-0.39, 0.29) is 24.6 Å². The van der Waals surface area contributed by atoms with Crippen molar-refractivity contribution in [1.82, 2.24) is 5.32 Å². The lowest BCUT2D eigenvalue weighted by Crippen LogP contribution is -2.60. The molecule has 0 aliphatic carbocycles. The monoisotopic (exact) mass is 294 g/mol. The number of nitrogens with zero attached hydrogens (tertiary/aromatic N) is 1. The van der Waals surface area contributed by atoms with Crippen molar-refractivity contribution in [1.29, 1.82) is 5.26 Å². The smallest absolute Gasteiger partial charge is 0.126 e. The minimum Gasteiger partial charge on any atom is -0.496 e. The van der Waals surface area contributed by atoms with E-state index in [1.165, 1.54) is 0 Å². The molecule has 112 valence electrons. The Morgan fingerprint density at radius 1 is 1.18 bits per heavy atom. The van der Waals surface area contributed by atoms with Crippen LogP contribution in [0.25, 0.3) is 11.1 Å². The lowest BCUT2D eigenvalue weighted by Gasteiger charge is -2.41. The van der Waals surface area contributed by atoms with Gasteiger partial charge in [0.2, 0.25) is 0 Å². The molecule has 0 saturated carbocycles. The van der Waals surface area contributed by atoms with Gasteiger partial charge in [-0.15, -0.1) is 0 Å². The highest BCUT2D eigenvalue weighted by Gasteiger charge is 2.41. The fraction of sp³-hybridized carbons (Fsp3) is 0.278. The molecular weight excluding hydrogens is 276 g/mol. The maximum Gasteiger partial charge on any atom is 0.126 e. The van der Waals surface area contributed by atoms with Crippen LogP contribution in [0.2, 0.25) is 0 Å². The normalized spacial score (nSPS) is 23.4. The predicted octanol–water partition coefficient (Wildman–Crippen LogP) is 2.30. The van der Waals surface area contributed by atoms with Gasteiger partial charge < -0.3 is 9.84 Å². The second-order valence-corrected chi connectivity index (χ2v) is 5.41. The molecule has 2 N–H and O–H groups in total. The van der Waals surface area contributed by atoms with Gasteiger partial charge in [0, 0.05) is 17.5 Å².